The fourth-order valence-corrected chi connectivity index (χ4v) is 7.25. The van der Waals surface area contributed by atoms with Gasteiger partial charge in [0.15, 0.2) is 0 Å². The van der Waals surface area contributed by atoms with E-state index in [9.17, 15) is 19.5 Å². The summed E-state index contributed by atoms with van der Waals surface area (Å²) in [7, 11) is 0. The van der Waals surface area contributed by atoms with Crippen molar-refractivity contribution in [3.05, 3.63) is 171 Å². The first-order valence-electron chi connectivity index (χ1n) is 20.9. The maximum Gasteiger partial charge on any atom is 0.416 e. The van der Waals surface area contributed by atoms with Gasteiger partial charge < -0.3 is 33.1 Å². The van der Waals surface area contributed by atoms with Crippen molar-refractivity contribution in [2.24, 2.45) is 0 Å². The van der Waals surface area contributed by atoms with Crippen molar-refractivity contribution >= 4 is 52.2 Å². The molecule has 7 aromatic rings. The average molecular weight is 954 g/mol. The zero-order valence-electron chi connectivity index (χ0n) is 36.4. The lowest BCUT2D eigenvalue weighted by atomic mass is 10.2. The summed E-state index contributed by atoms with van der Waals surface area (Å²) in [5, 5.41) is 9.43. The summed E-state index contributed by atoms with van der Waals surface area (Å²) in [5.74, 6) is 2.96. The van der Waals surface area contributed by atoms with Crippen molar-refractivity contribution in [1.82, 2.24) is 19.8 Å². The van der Waals surface area contributed by atoms with Crippen LogP contribution in [0.2, 0.25) is 10.0 Å². The minimum absolute atomic E-state index is 0.0144. The molecule has 0 fully saturated rings. The standard InChI is InChI=1S/C28H24Cl2N2O6.C22H23ClN2O3/c1-18-25(31-27(37-18)20-7-3-2-4-8-20)10-11-36-23-9-5-6-19(12-23)16-32(17-26(33)34)28(35)38-24-14-21(29)13-22(30)15-24;1-3-25(22(23)26)15-17-8-7-11-19(14-17)27-13-12-20-16(2)28-21(24-20)18-9-5-4-6-10-18/h2-9,12-15H,10-11,16-17H2,1H3,(H,33,34);4-11,14H,3,12-13,15H2,1-2H3. The zero-order valence-corrected chi connectivity index (χ0v) is 38.7. The summed E-state index contributed by atoms with van der Waals surface area (Å²) in [4.78, 5) is 47.3. The molecule has 16 heteroatoms. The minimum Gasteiger partial charge on any atom is -0.493 e. The van der Waals surface area contributed by atoms with E-state index in [0.717, 1.165) is 50.2 Å². The van der Waals surface area contributed by atoms with E-state index in [2.05, 4.69) is 9.97 Å². The van der Waals surface area contributed by atoms with Crippen LogP contribution in [0.5, 0.6) is 17.2 Å². The van der Waals surface area contributed by atoms with Crippen LogP contribution in [0.4, 0.5) is 9.59 Å². The van der Waals surface area contributed by atoms with E-state index in [1.54, 1.807) is 29.2 Å². The molecule has 7 rings (SSSR count). The third-order valence-corrected chi connectivity index (χ3v) is 10.5. The van der Waals surface area contributed by atoms with Gasteiger partial charge in [-0.2, -0.15) is 0 Å². The van der Waals surface area contributed by atoms with Gasteiger partial charge in [-0.05, 0) is 110 Å². The second-order valence-corrected chi connectivity index (χ2v) is 16.0. The summed E-state index contributed by atoms with van der Waals surface area (Å²) in [6, 6.07) is 38.5. The summed E-state index contributed by atoms with van der Waals surface area (Å²) in [5.41, 5.74) is 5.18. The van der Waals surface area contributed by atoms with Crippen molar-refractivity contribution < 1.29 is 42.5 Å². The van der Waals surface area contributed by atoms with E-state index in [1.165, 1.54) is 18.2 Å². The SMILES string of the molecule is CCN(Cc1cccc(OCCc2nc(-c3ccccc3)oc2C)c1)C(=O)Cl.Cc1oc(-c2ccccc2)nc1CCOc1cccc(CN(CC(=O)O)C(=O)Oc2cc(Cl)cc(Cl)c2)c1. The molecule has 0 spiro atoms. The van der Waals surface area contributed by atoms with Gasteiger partial charge in [-0.25, -0.2) is 14.8 Å². The van der Waals surface area contributed by atoms with E-state index in [4.69, 9.17) is 57.8 Å². The molecule has 0 saturated carbocycles. The number of amides is 2. The van der Waals surface area contributed by atoms with Crippen molar-refractivity contribution in [2.75, 3.05) is 26.3 Å². The quantitative estimate of drug-likeness (QED) is 0.0645. The number of aliphatic carboxylic acids is 1. The largest absolute Gasteiger partial charge is 0.493 e. The molecule has 0 aliphatic heterocycles. The number of nitrogens with zero attached hydrogens (tertiary/aromatic N) is 4. The zero-order chi connectivity index (χ0) is 47.0. The normalized spacial score (nSPS) is 10.7. The fraction of sp³-hybridized carbons (Fsp3) is 0.220. The molecule has 1 N–H and O–H groups in total. The van der Waals surface area contributed by atoms with Crippen LogP contribution in [0.1, 0.15) is 41.0 Å². The molecular weight excluding hydrogens is 907 g/mol. The average Bonchev–Trinajstić information content (AvgIpc) is 3.86. The number of hydrogen-bond donors (Lipinski definition) is 1. The van der Waals surface area contributed by atoms with Crippen molar-refractivity contribution in [3.8, 4) is 40.2 Å². The number of oxazole rings is 2. The van der Waals surface area contributed by atoms with Gasteiger partial charge in [0.2, 0.25) is 11.8 Å². The Morgan fingerprint density at radius 1 is 0.621 bits per heavy atom. The number of benzene rings is 5. The van der Waals surface area contributed by atoms with E-state index < -0.39 is 24.0 Å². The molecule has 0 radical (unpaired) electrons. The number of aromatic nitrogens is 2. The highest BCUT2D eigenvalue weighted by Gasteiger charge is 2.21. The smallest absolute Gasteiger partial charge is 0.416 e. The summed E-state index contributed by atoms with van der Waals surface area (Å²) >= 11 is 17.5. The Balaban J connectivity index is 0.000000229. The molecule has 0 saturated heterocycles. The van der Waals surface area contributed by atoms with E-state index in [1.807, 2.05) is 106 Å². The van der Waals surface area contributed by atoms with Crippen molar-refractivity contribution in [3.63, 3.8) is 0 Å². The molecule has 13 nitrogen and oxygen atoms in total. The van der Waals surface area contributed by atoms with Gasteiger partial charge in [-0.15, -0.1) is 0 Å². The van der Waals surface area contributed by atoms with Crippen LogP contribution in [-0.2, 0) is 30.7 Å². The summed E-state index contributed by atoms with van der Waals surface area (Å²) in [6.45, 7) is 6.94. The van der Waals surface area contributed by atoms with Gasteiger partial charge in [0.05, 0.1) is 24.6 Å². The van der Waals surface area contributed by atoms with Gasteiger partial charge >= 0.3 is 17.4 Å². The van der Waals surface area contributed by atoms with Crippen LogP contribution < -0.4 is 14.2 Å². The van der Waals surface area contributed by atoms with Gasteiger partial charge in [-0.1, -0.05) is 83.9 Å². The summed E-state index contributed by atoms with van der Waals surface area (Å²) < 4.78 is 28.7. The van der Waals surface area contributed by atoms with Crippen LogP contribution in [0.15, 0.2) is 136 Å². The minimum atomic E-state index is -1.18. The fourth-order valence-electron chi connectivity index (χ4n) is 6.57. The Kier molecular flexibility index (Phi) is 17.6. The first kappa shape index (κ1) is 48.7. The lowest BCUT2D eigenvalue weighted by molar-refractivity contribution is -0.138. The van der Waals surface area contributed by atoms with Crippen LogP contribution in [0.3, 0.4) is 0 Å². The highest BCUT2D eigenvalue weighted by atomic mass is 35.5. The maximum atomic E-state index is 12.7. The van der Waals surface area contributed by atoms with Gasteiger partial charge in [0.1, 0.15) is 35.3 Å². The van der Waals surface area contributed by atoms with Crippen LogP contribution >= 0.6 is 34.8 Å². The number of carboxylic acid groups (broad SMARTS) is 1. The third-order valence-electron chi connectivity index (χ3n) is 9.84. The van der Waals surface area contributed by atoms with Gasteiger partial charge in [-0.3, -0.25) is 14.5 Å². The molecule has 2 aromatic heterocycles. The second-order valence-electron chi connectivity index (χ2n) is 14.8. The Hall–Kier alpha value is -6.80. The summed E-state index contributed by atoms with van der Waals surface area (Å²) in [6.07, 6.45) is 0.326. The maximum absolute atomic E-state index is 12.7. The number of halogens is 3. The second kappa shape index (κ2) is 23.9. The van der Waals surface area contributed by atoms with Gasteiger partial charge in [0, 0.05) is 53.6 Å². The topological polar surface area (TPSA) is 158 Å². The predicted octanol–water partition coefficient (Wildman–Crippen LogP) is 12.1. The molecule has 0 aliphatic carbocycles. The molecule has 0 aliphatic rings. The van der Waals surface area contributed by atoms with Crippen LogP contribution in [0, 0.1) is 13.8 Å². The number of hydrogen-bond acceptors (Lipinski definition) is 10. The molecule has 66 heavy (non-hydrogen) atoms. The Bertz CT molecular complexity index is 2690. The van der Waals surface area contributed by atoms with Crippen LogP contribution in [-0.4, -0.2) is 68.6 Å². The Labute approximate surface area is 397 Å². The molecule has 2 heterocycles. The van der Waals surface area contributed by atoms with E-state index >= 15 is 0 Å². The Morgan fingerprint density at radius 2 is 1.09 bits per heavy atom. The van der Waals surface area contributed by atoms with Crippen molar-refractivity contribution in [2.45, 2.75) is 46.7 Å². The van der Waals surface area contributed by atoms with E-state index in [-0.39, 0.29) is 22.3 Å². The molecule has 0 bridgehead atoms. The number of rotatable bonds is 18. The molecule has 0 unspecified atom stereocenters. The Morgan fingerprint density at radius 3 is 1.53 bits per heavy atom. The highest BCUT2D eigenvalue weighted by Crippen LogP contribution is 2.27. The first-order valence-corrected chi connectivity index (χ1v) is 22.0. The predicted molar refractivity (Wildman–Crippen MR) is 252 cm³/mol. The van der Waals surface area contributed by atoms with Gasteiger partial charge in [0.25, 0.3) is 0 Å². The monoisotopic (exact) mass is 952 g/mol. The number of carboxylic acids is 1. The number of ether oxygens (including phenoxy) is 3. The lowest BCUT2D eigenvalue weighted by Gasteiger charge is -2.20. The molecule has 5 aromatic carbocycles. The number of aryl methyl sites for hydroxylation is 2. The molecular formula is C50H47Cl3N4O9. The van der Waals surface area contributed by atoms with E-state index in [0.29, 0.717) is 62.2 Å². The molecule has 342 valence electrons. The van der Waals surface area contributed by atoms with Crippen LogP contribution in [0.25, 0.3) is 22.9 Å². The molecule has 0 atom stereocenters. The molecule has 2 amide bonds. The van der Waals surface area contributed by atoms with Crippen molar-refractivity contribution in [1.29, 1.82) is 0 Å². The lowest BCUT2D eigenvalue weighted by Crippen LogP contribution is -2.37. The number of carbonyl (C=O) groups excluding carboxylic acids is 2. The number of carbonyl (C=O) groups is 3. The first-order chi connectivity index (χ1) is 31.8. The third kappa shape index (κ3) is 14.6. The highest BCUT2D eigenvalue weighted by molar-refractivity contribution is 6.62.